The van der Waals surface area contributed by atoms with Gasteiger partial charge in [0, 0.05) is 24.3 Å². The van der Waals surface area contributed by atoms with Gasteiger partial charge in [0.15, 0.2) is 9.84 Å². The molecule has 2 unspecified atom stereocenters. The third kappa shape index (κ3) is 4.83. The second-order valence-corrected chi connectivity index (χ2v) is 8.70. The Kier molecular flexibility index (Phi) is 6.94. The molecule has 0 saturated heterocycles. The summed E-state index contributed by atoms with van der Waals surface area (Å²) in [6, 6.07) is 0.258. The molecule has 2 aliphatic carbocycles. The molecule has 2 saturated carbocycles. The van der Waals surface area contributed by atoms with Crippen molar-refractivity contribution in [2.24, 2.45) is 23.5 Å². The van der Waals surface area contributed by atoms with Crippen molar-refractivity contribution < 1.29 is 13.2 Å². The molecule has 1 amide bonds. The second kappa shape index (κ2) is 7.79. The van der Waals surface area contributed by atoms with Gasteiger partial charge in [0.25, 0.3) is 0 Å². The van der Waals surface area contributed by atoms with E-state index < -0.39 is 9.84 Å². The Labute approximate surface area is 133 Å². The summed E-state index contributed by atoms with van der Waals surface area (Å²) < 4.78 is 22.8. The zero-order valence-corrected chi connectivity index (χ0v) is 14.2. The Bertz CT molecular complexity index is 441. The minimum atomic E-state index is -3.00. The van der Waals surface area contributed by atoms with Crippen LogP contribution in [0.25, 0.3) is 0 Å². The Morgan fingerprint density at radius 3 is 2.33 bits per heavy atom. The topological polar surface area (TPSA) is 89.3 Å². The van der Waals surface area contributed by atoms with Crippen LogP contribution in [0.15, 0.2) is 0 Å². The third-order valence-corrected chi connectivity index (χ3v) is 6.64. The van der Waals surface area contributed by atoms with Crippen molar-refractivity contribution in [3.8, 4) is 0 Å². The van der Waals surface area contributed by atoms with E-state index in [-0.39, 0.29) is 48.3 Å². The molecule has 0 aromatic carbocycles. The summed E-state index contributed by atoms with van der Waals surface area (Å²) in [5.41, 5.74) is 6.21. The van der Waals surface area contributed by atoms with E-state index in [1.165, 1.54) is 6.42 Å². The molecule has 0 spiro atoms. The number of fused-ring (bicyclic) bond motifs is 2. The van der Waals surface area contributed by atoms with Crippen molar-refractivity contribution in [1.29, 1.82) is 0 Å². The van der Waals surface area contributed by atoms with E-state index in [1.807, 2.05) is 0 Å². The number of halogens is 1. The van der Waals surface area contributed by atoms with Crippen LogP contribution >= 0.6 is 12.4 Å². The number of nitrogens with one attached hydrogen (secondary N) is 1. The molecule has 5 nitrogen and oxygen atoms in total. The Morgan fingerprint density at radius 2 is 1.81 bits per heavy atom. The number of carbonyl (C=O) groups excluding carboxylic acids is 1. The molecule has 2 fully saturated rings. The number of amides is 1. The average molecular weight is 339 g/mol. The third-order valence-electron chi connectivity index (χ3n) is 4.94. The first-order valence-corrected chi connectivity index (χ1v) is 9.49. The van der Waals surface area contributed by atoms with Gasteiger partial charge in [-0.1, -0.05) is 13.3 Å². The smallest absolute Gasteiger partial charge is 0.223 e. The van der Waals surface area contributed by atoms with Crippen LogP contribution in [0.3, 0.4) is 0 Å². The lowest BCUT2D eigenvalue weighted by molar-refractivity contribution is -0.127. The fraction of sp³-hybridized carbons (Fsp3) is 0.929. The summed E-state index contributed by atoms with van der Waals surface area (Å²) in [5, 5.41) is 2.79. The van der Waals surface area contributed by atoms with Gasteiger partial charge in [0.2, 0.25) is 5.91 Å². The number of nitrogens with two attached hydrogens (primary N) is 1. The normalized spacial score (nSPS) is 32.1. The fourth-order valence-corrected chi connectivity index (χ4v) is 4.32. The highest BCUT2D eigenvalue weighted by Gasteiger charge is 2.40. The molecular weight excluding hydrogens is 312 g/mol. The summed E-state index contributed by atoms with van der Waals surface area (Å²) in [6.45, 7) is 1.85. The Morgan fingerprint density at radius 1 is 1.24 bits per heavy atom. The highest BCUT2D eigenvalue weighted by atomic mass is 35.5. The monoisotopic (exact) mass is 338 g/mol. The van der Waals surface area contributed by atoms with E-state index in [0.29, 0.717) is 11.8 Å². The van der Waals surface area contributed by atoms with Gasteiger partial charge in [-0.25, -0.2) is 8.42 Å². The first-order valence-electron chi connectivity index (χ1n) is 7.66. The summed E-state index contributed by atoms with van der Waals surface area (Å²) >= 11 is 0. The van der Waals surface area contributed by atoms with Crippen LogP contribution < -0.4 is 11.1 Å². The van der Waals surface area contributed by atoms with Gasteiger partial charge in [-0.3, -0.25) is 4.79 Å². The molecule has 124 valence electrons. The summed E-state index contributed by atoms with van der Waals surface area (Å²) in [5.74, 6) is 1.14. The van der Waals surface area contributed by atoms with Crippen LogP contribution in [-0.2, 0) is 14.6 Å². The minimum absolute atomic E-state index is 0. The molecule has 2 bridgehead atoms. The second-order valence-electron chi connectivity index (χ2n) is 6.22. The van der Waals surface area contributed by atoms with Gasteiger partial charge in [-0.15, -0.1) is 12.4 Å². The average Bonchev–Trinajstić information content (AvgIpc) is 2.38. The maximum Gasteiger partial charge on any atom is 0.223 e. The lowest BCUT2D eigenvalue weighted by atomic mass is 9.65. The van der Waals surface area contributed by atoms with Gasteiger partial charge in [-0.2, -0.15) is 0 Å². The number of sulfone groups is 1. The molecule has 0 radical (unpaired) electrons. The molecule has 2 aliphatic rings. The molecule has 0 aromatic rings. The van der Waals surface area contributed by atoms with E-state index >= 15 is 0 Å². The van der Waals surface area contributed by atoms with Crippen LogP contribution in [0, 0.1) is 17.8 Å². The summed E-state index contributed by atoms with van der Waals surface area (Å²) in [6.07, 6.45) is 5.22. The Balaban J connectivity index is 0.00000220. The quantitative estimate of drug-likeness (QED) is 0.786. The SMILES string of the molecule is CCS(=O)(=O)CCNC(=O)C1CC2CCCC(C1)C2N.Cl. The van der Waals surface area contributed by atoms with Crippen molar-refractivity contribution in [3.05, 3.63) is 0 Å². The van der Waals surface area contributed by atoms with Crippen LogP contribution in [-0.4, -0.2) is 38.4 Å². The highest BCUT2D eigenvalue weighted by Crippen LogP contribution is 2.41. The summed E-state index contributed by atoms with van der Waals surface area (Å²) in [4.78, 5) is 12.2. The standard InChI is InChI=1S/C14H26N2O3S.ClH/c1-2-20(18,19)7-6-16-14(17)12-8-10-4-3-5-11(9-12)13(10)15;/h10-13H,2-9,15H2,1H3,(H,16,17);1H. The van der Waals surface area contributed by atoms with E-state index in [2.05, 4.69) is 5.32 Å². The zero-order chi connectivity index (χ0) is 14.8. The van der Waals surface area contributed by atoms with Crippen molar-refractivity contribution in [3.63, 3.8) is 0 Å². The van der Waals surface area contributed by atoms with Crippen molar-refractivity contribution in [2.75, 3.05) is 18.1 Å². The van der Waals surface area contributed by atoms with Crippen LogP contribution in [0.4, 0.5) is 0 Å². The molecule has 3 N–H and O–H groups in total. The highest BCUT2D eigenvalue weighted by molar-refractivity contribution is 7.91. The van der Waals surface area contributed by atoms with Gasteiger partial charge in [0.05, 0.1) is 5.75 Å². The van der Waals surface area contributed by atoms with E-state index in [4.69, 9.17) is 5.73 Å². The molecule has 2 atom stereocenters. The van der Waals surface area contributed by atoms with Crippen LogP contribution in [0.5, 0.6) is 0 Å². The van der Waals surface area contributed by atoms with Gasteiger partial charge < -0.3 is 11.1 Å². The molecule has 21 heavy (non-hydrogen) atoms. The van der Waals surface area contributed by atoms with E-state index in [1.54, 1.807) is 6.92 Å². The van der Waals surface area contributed by atoms with Crippen LogP contribution in [0.2, 0.25) is 0 Å². The zero-order valence-electron chi connectivity index (χ0n) is 12.6. The fourth-order valence-electron chi connectivity index (χ4n) is 3.62. The lowest BCUT2D eigenvalue weighted by Gasteiger charge is -2.43. The molecule has 2 rings (SSSR count). The maximum atomic E-state index is 12.2. The first-order chi connectivity index (χ1) is 9.43. The lowest BCUT2D eigenvalue weighted by Crippen LogP contribution is -2.49. The maximum absolute atomic E-state index is 12.2. The number of rotatable bonds is 5. The molecule has 0 aliphatic heterocycles. The number of hydrogen-bond acceptors (Lipinski definition) is 4. The van der Waals surface area contributed by atoms with Gasteiger partial charge >= 0.3 is 0 Å². The molecule has 7 heteroatoms. The predicted molar refractivity (Wildman–Crippen MR) is 86.1 cm³/mol. The van der Waals surface area contributed by atoms with Crippen molar-refractivity contribution in [1.82, 2.24) is 5.32 Å². The Hall–Kier alpha value is -0.330. The van der Waals surface area contributed by atoms with Crippen LogP contribution in [0.1, 0.15) is 39.0 Å². The number of carbonyl (C=O) groups is 1. The predicted octanol–water partition coefficient (Wildman–Crippen LogP) is 1.11. The number of hydrogen-bond donors (Lipinski definition) is 2. The summed E-state index contributed by atoms with van der Waals surface area (Å²) in [7, 11) is -3.00. The molecule has 0 aromatic heterocycles. The molecule has 0 heterocycles. The van der Waals surface area contributed by atoms with Gasteiger partial charge in [-0.05, 0) is 37.5 Å². The van der Waals surface area contributed by atoms with E-state index in [0.717, 1.165) is 25.7 Å². The van der Waals surface area contributed by atoms with E-state index in [9.17, 15) is 13.2 Å². The van der Waals surface area contributed by atoms with Crippen molar-refractivity contribution in [2.45, 2.75) is 45.1 Å². The van der Waals surface area contributed by atoms with Gasteiger partial charge in [0.1, 0.15) is 0 Å². The van der Waals surface area contributed by atoms with Crippen molar-refractivity contribution >= 4 is 28.2 Å². The molecular formula is C14H27ClN2O3S. The first kappa shape index (κ1) is 18.7. The largest absolute Gasteiger partial charge is 0.355 e. The minimum Gasteiger partial charge on any atom is -0.355 e.